The zero-order chi connectivity index (χ0) is 15.7. The number of fused-ring (bicyclic) bond motifs is 1. The smallest absolute Gasteiger partial charge is 0.222 e. The van der Waals surface area contributed by atoms with Crippen LogP contribution in [0.15, 0.2) is 30.3 Å². The van der Waals surface area contributed by atoms with Crippen LogP contribution in [0.3, 0.4) is 0 Å². The normalized spacial score (nSPS) is 16.8. The molecule has 4 heteroatoms. The van der Waals surface area contributed by atoms with Crippen molar-refractivity contribution in [2.24, 2.45) is 0 Å². The molecule has 0 saturated carbocycles. The summed E-state index contributed by atoms with van der Waals surface area (Å²) in [7, 11) is 1.68. The lowest BCUT2D eigenvalue weighted by Gasteiger charge is -2.28. The van der Waals surface area contributed by atoms with Gasteiger partial charge in [-0.25, -0.2) is 0 Å². The van der Waals surface area contributed by atoms with E-state index in [1.54, 1.807) is 7.11 Å². The van der Waals surface area contributed by atoms with Gasteiger partial charge in [-0.1, -0.05) is 11.6 Å². The lowest BCUT2D eigenvalue weighted by molar-refractivity contribution is -0.945. The summed E-state index contributed by atoms with van der Waals surface area (Å²) in [6.45, 7) is 6.64. The van der Waals surface area contributed by atoms with E-state index in [9.17, 15) is 0 Å². The molecular weight excluding hydrogens is 298 g/mol. The molecule has 1 unspecified atom stereocenters. The molecule has 116 valence electrons. The first-order chi connectivity index (χ1) is 10.6. The van der Waals surface area contributed by atoms with Gasteiger partial charge in [-0.3, -0.25) is 4.90 Å². The van der Waals surface area contributed by atoms with Gasteiger partial charge < -0.3 is 9.47 Å². The lowest BCUT2D eigenvalue weighted by atomic mass is 10.0. The monoisotopic (exact) mass is 318 g/mol. The quantitative estimate of drug-likeness (QED) is 0.940. The van der Waals surface area contributed by atoms with Crippen LogP contribution in [0.1, 0.15) is 22.3 Å². The highest BCUT2D eigenvalue weighted by Gasteiger charge is 2.24. The molecule has 3 rings (SSSR count). The van der Waals surface area contributed by atoms with E-state index in [2.05, 4.69) is 25.1 Å². The number of hydrogen-bond donors (Lipinski definition) is 1. The van der Waals surface area contributed by atoms with Crippen molar-refractivity contribution in [1.82, 2.24) is 0 Å². The predicted octanol–water partition coefficient (Wildman–Crippen LogP) is 2.90. The maximum atomic E-state index is 6.38. The molecule has 1 aliphatic heterocycles. The molecule has 1 aliphatic rings. The highest BCUT2D eigenvalue weighted by atomic mass is 35.5. The first-order valence-corrected chi connectivity index (χ1v) is 7.84. The number of quaternary nitrogens is 1. The fourth-order valence-electron chi connectivity index (χ4n) is 2.94. The van der Waals surface area contributed by atoms with Gasteiger partial charge in [0.15, 0.2) is 0 Å². The zero-order valence-electron chi connectivity index (χ0n) is 13.2. The molecule has 1 heterocycles. The Morgan fingerprint density at radius 3 is 2.64 bits per heavy atom. The van der Waals surface area contributed by atoms with Crippen molar-refractivity contribution in [2.45, 2.75) is 26.9 Å². The third kappa shape index (κ3) is 2.92. The molecule has 0 bridgehead atoms. The van der Waals surface area contributed by atoms with Gasteiger partial charge in [-0.15, -0.1) is 0 Å². The largest absolute Gasteiger partial charge is 0.497 e. The van der Waals surface area contributed by atoms with E-state index < -0.39 is 0 Å². The second kappa shape index (κ2) is 6.19. The zero-order valence-corrected chi connectivity index (χ0v) is 14.0. The Bertz CT molecular complexity index is 682. The Balaban J connectivity index is 1.77. The molecular formula is C18H21ClNO2+. The first kappa shape index (κ1) is 15.2. The first-order valence-electron chi connectivity index (χ1n) is 7.46. The van der Waals surface area contributed by atoms with E-state index in [0.29, 0.717) is 6.73 Å². The van der Waals surface area contributed by atoms with E-state index in [1.807, 2.05) is 19.1 Å². The summed E-state index contributed by atoms with van der Waals surface area (Å²) in [6, 6.07) is 10.3. The molecule has 22 heavy (non-hydrogen) atoms. The van der Waals surface area contributed by atoms with Gasteiger partial charge in [0.2, 0.25) is 6.73 Å². The van der Waals surface area contributed by atoms with E-state index in [1.165, 1.54) is 16.0 Å². The summed E-state index contributed by atoms with van der Waals surface area (Å²) in [5, 5.41) is 0.855. The molecule has 3 nitrogen and oxygen atoms in total. The van der Waals surface area contributed by atoms with Crippen molar-refractivity contribution in [1.29, 1.82) is 0 Å². The Morgan fingerprint density at radius 1 is 1.23 bits per heavy atom. The fraction of sp³-hybridized carbons (Fsp3) is 0.333. The maximum Gasteiger partial charge on any atom is 0.222 e. The van der Waals surface area contributed by atoms with Crippen LogP contribution in [-0.4, -0.2) is 13.8 Å². The van der Waals surface area contributed by atoms with Gasteiger partial charge in [-0.2, -0.15) is 0 Å². The number of benzene rings is 2. The van der Waals surface area contributed by atoms with Crippen LogP contribution < -0.4 is 14.4 Å². The SMILES string of the molecule is COc1ccc(C[NH+]2COc3cc(C)c(Cl)c(C)c3C2)cc1. The summed E-state index contributed by atoms with van der Waals surface area (Å²) < 4.78 is 11.1. The minimum absolute atomic E-state index is 0.680. The number of rotatable bonds is 3. The number of halogens is 1. The molecule has 1 N–H and O–H groups in total. The molecule has 0 saturated heterocycles. The predicted molar refractivity (Wildman–Crippen MR) is 87.8 cm³/mol. The molecule has 2 aromatic rings. The van der Waals surface area contributed by atoms with Crippen LogP contribution in [0, 0.1) is 13.8 Å². The third-order valence-corrected chi connectivity index (χ3v) is 4.83. The van der Waals surface area contributed by atoms with Gasteiger partial charge in [-0.05, 0) is 55.3 Å². The number of aryl methyl sites for hydroxylation is 1. The van der Waals surface area contributed by atoms with Crippen LogP contribution in [0.25, 0.3) is 0 Å². The second-order valence-corrected chi connectivity index (χ2v) is 6.23. The summed E-state index contributed by atoms with van der Waals surface area (Å²) in [4.78, 5) is 1.38. The van der Waals surface area contributed by atoms with E-state index in [-0.39, 0.29) is 0 Å². The summed E-state index contributed by atoms with van der Waals surface area (Å²) in [5.74, 6) is 1.87. The van der Waals surface area contributed by atoms with Crippen molar-refractivity contribution in [3.63, 3.8) is 0 Å². The van der Waals surface area contributed by atoms with E-state index in [0.717, 1.165) is 40.7 Å². The van der Waals surface area contributed by atoms with Crippen LogP contribution in [0.4, 0.5) is 0 Å². The summed E-state index contributed by atoms with van der Waals surface area (Å²) >= 11 is 6.38. The van der Waals surface area contributed by atoms with Crippen molar-refractivity contribution in [3.8, 4) is 11.5 Å². The molecule has 1 atom stereocenters. The number of ether oxygens (including phenoxy) is 2. The molecule has 0 radical (unpaired) electrons. The number of hydrogen-bond acceptors (Lipinski definition) is 2. The minimum atomic E-state index is 0.680. The molecule has 0 spiro atoms. The van der Waals surface area contributed by atoms with E-state index in [4.69, 9.17) is 21.1 Å². The van der Waals surface area contributed by atoms with Crippen molar-refractivity contribution in [3.05, 3.63) is 57.6 Å². The van der Waals surface area contributed by atoms with Crippen LogP contribution in [0.2, 0.25) is 5.02 Å². The average Bonchev–Trinajstić information content (AvgIpc) is 2.54. The van der Waals surface area contributed by atoms with Gasteiger partial charge in [0.05, 0.1) is 12.7 Å². The Hall–Kier alpha value is -1.71. The second-order valence-electron chi connectivity index (χ2n) is 5.85. The number of nitrogens with one attached hydrogen (secondary N) is 1. The van der Waals surface area contributed by atoms with Crippen molar-refractivity contribution < 1.29 is 14.4 Å². The molecule has 0 aromatic heterocycles. The standard InChI is InChI=1S/C18H20ClNO2/c1-12-8-17-16(13(2)18(12)19)10-20(11-22-17)9-14-4-6-15(21-3)7-5-14/h4-8H,9-11H2,1-3H3/p+1. The fourth-order valence-corrected chi connectivity index (χ4v) is 3.10. The molecule has 0 amide bonds. The minimum Gasteiger partial charge on any atom is -0.497 e. The Kier molecular flexibility index (Phi) is 4.27. The third-order valence-electron chi connectivity index (χ3n) is 4.24. The maximum absolute atomic E-state index is 6.38. The van der Waals surface area contributed by atoms with Gasteiger partial charge in [0.1, 0.15) is 24.6 Å². The van der Waals surface area contributed by atoms with Gasteiger partial charge in [0.25, 0.3) is 0 Å². The Labute approximate surface area is 136 Å². The molecule has 0 aliphatic carbocycles. The van der Waals surface area contributed by atoms with Crippen LogP contribution in [-0.2, 0) is 13.1 Å². The number of methoxy groups -OCH3 is 1. The Morgan fingerprint density at radius 2 is 1.95 bits per heavy atom. The summed E-state index contributed by atoms with van der Waals surface area (Å²) in [5.41, 5.74) is 4.73. The van der Waals surface area contributed by atoms with Crippen LogP contribution in [0.5, 0.6) is 11.5 Å². The van der Waals surface area contributed by atoms with Gasteiger partial charge in [0, 0.05) is 10.6 Å². The van der Waals surface area contributed by atoms with Gasteiger partial charge >= 0.3 is 0 Å². The average molecular weight is 319 g/mol. The van der Waals surface area contributed by atoms with E-state index >= 15 is 0 Å². The topological polar surface area (TPSA) is 22.9 Å². The van der Waals surface area contributed by atoms with Crippen molar-refractivity contribution in [2.75, 3.05) is 13.8 Å². The van der Waals surface area contributed by atoms with Crippen LogP contribution >= 0.6 is 11.6 Å². The van der Waals surface area contributed by atoms with Crippen molar-refractivity contribution >= 4 is 11.6 Å². The lowest BCUT2D eigenvalue weighted by Crippen LogP contribution is -3.11. The highest BCUT2D eigenvalue weighted by Crippen LogP contribution is 2.32. The summed E-state index contributed by atoms with van der Waals surface area (Å²) in [6.07, 6.45) is 0. The molecule has 2 aromatic carbocycles. The molecule has 0 fully saturated rings. The highest BCUT2D eigenvalue weighted by molar-refractivity contribution is 6.32.